The van der Waals surface area contributed by atoms with Gasteiger partial charge in [0.25, 0.3) is 0 Å². The summed E-state index contributed by atoms with van der Waals surface area (Å²) in [5.74, 6) is -0.156. The summed E-state index contributed by atoms with van der Waals surface area (Å²) in [5, 5.41) is 9.25. The van der Waals surface area contributed by atoms with Crippen LogP contribution in [0.4, 0.5) is 0 Å². The van der Waals surface area contributed by atoms with Crippen LogP contribution in [-0.4, -0.2) is 23.8 Å². The highest BCUT2D eigenvalue weighted by atomic mass is 16.5. The molecule has 0 saturated carbocycles. The fourth-order valence-electron chi connectivity index (χ4n) is 2.26. The highest BCUT2D eigenvalue weighted by Crippen LogP contribution is 2.16. The highest BCUT2D eigenvalue weighted by Gasteiger charge is 2.18. The summed E-state index contributed by atoms with van der Waals surface area (Å²) in [5.41, 5.74) is 2.03. The lowest BCUT2D eigenvalue weighted by Gasteiger charge is -2.14. The summed E-state index contributed by atoms with van der Waals surface area (Å²) in [7, 11) is 0. The summed E-state index contributed by atoms with van der Waals surface area (Å²) >= 11 is 0. The Balaban J connectivity index is 1.87. The van der Waals surface area contributed by atoms with Gasteiger partial charge in [0, 0.05) is 13.0 Å². The van der Waals surface area contributed by atoms with E-state index in [9.17, 15) is 9.90 Å². The summed E-state index contributed by atoms with van der Waals surface area (Å²) in [4.78, 5) is 11.3. The average Bonchev–Trinajstić information content (AvgIpc) is 2.61. The van der Waals surface area contributed by atoms with Crippen LogP contribution in [0.5, 0.6) is 5.75 Å². The van der Waals surface area contributed by atoms with Crippen molar-refractivity contribution in [2.24, 2.45) is 0 Å². The van der Waals surface area contributed by atoms with Crippen molar-refractivity contribution in [2.75, 3.05) is 6.61 Å². The first kappa shape index (κ1) is 18.0. The number of ether oxygens (including phenoxy) is 2. The Labute approximate surface area is 143 Å². The predicted octanol–water partition coefficient (Wildman–Crippen LogP) is 4.08. The molecule has 0 amide bonds. The number of carboxylic acids is 1. The number of hydrogen-bond donors (Lipinski definition) is 1. The smallest absolute Gasteiger partial charge is 0.333 e. The summed E-state index contributed by atoms with van der Waals surface area (Å²) in [6.07, 6.45) is 1.42. The average molecular weight is 328 g/mol. The molecule has 2 rings (SSSR count). The lowest BCUT2D eigenvalue weighted by atomic mass is 10.1. The second kappa shape index (κ2) is 9.73. The van der Waals surface area contributed by atoms with Crippen molar-refractivity contribution >= 4 is 5.97 Å². The van der Waals surface area contributed by atoms with Crippen LogP contribution < -0.4 is 4.74 Å². The van der Waals surface area contributed by atoms with E-state index >= 15 is 0 Å². The van der Waals surface area contributed by atoms with Crippen molar-refractivity contribution in [3.63, 3.8) is 0 Å². The molecule has 0 aromatic heterocycles. The minimum Gasteiger partial charge on any atom is -0.489 e. The molecule has 128 valence electrons. The van der Waals surface area contributed by atoms with Crippen molar-refractivity contribution in [1.82, 2.24) is 0 Å². The molecule has 0 aliphatic carbocycles. The minimum absolute atomic E-state index is 0.359. The Kier molecular flexibility index (Phi) is 7.30. The van der Waals surface area contributed by atoms with Crippen LogP contribution in [0.3, 0.4) is 0 Å². The lowest BCUT2D eigenvalue weighted by Crippen LogP contribution is -2.26. The van der Waals surface area contributed by atoms with Gasteiger partial charge in [-0.15, -0.1) is 0 Å². The molecule has 24 heavy (non-hydrogen) atoms. The summed E-state index contributed by atoms with van der Waals surface area (Å²) < 4.78 is 11.2. The zero-order valence-corrected chi connectivity index (χ0v) is 14.0. The first-order valence-corrected chi connectivity index (χ1v) is 8.29. The lowest BCUT2D eigenvalue weighted by molar-refractivity contribution is -0.150. The van der Waals surface area contributed by atoms with Gasteiger partial charge in [-0.3, -0.25) is 0 Å². The third-order valence-electron chi connectivity index (χ3n) is 3.69. The molecule has 1 atom stereocenters. The van der Waals surface area contributed by atoms with Crippen LogP contribution in [0.1, 0.15) is 30.9 Å². The van der Waals surface area contributed by atoms with Gasteiger partial charge in [0.1, 0.15) is 12.4 Å². The third kappa shape index (κ3) is 6.05. The second-order valence-electron chi connectivity index (χ2n) is 5.67. The maximum atomic E-state index is 11.3. The monoisotopic (exact) mass is 328 g/mol. The summed E-state index contributed by atoms with van der Waals surface area (Å²) in [6.45, 7) is 3.04. The first-order chi connectivity index (χ1) is 11.7. The molecule has 0 fully saturated rings. The number of hydrogen-bond acceptors (Lipinski definition) is 3. The number of unbranched alkanes of at least 4 members (excludes halogenated alkanes) is 1. The Hall–Kier alpha value is -2.33. The van der Waals surface area contributed by atoms with Crippen LogP contribution in [0, 0.1) is 0 Å². The molecule has 0 heterocycles. The largest absolute Gasteiger partial charge is 0.489 e. The molecule has 4 nitrogen and oxygen atoms in total. The van der Waals surface area contributed by atoms with Gasteiger partial charge < -0.3 is 14.6 Å². The molecular weight excluding hydrogens is 304 g/mol. The normalized spacial score (nSPS) is 11.9. The molecule has 1 unspecified atom stereocenters. The molecule has 0 radical (unpaired) electrons. The molecule has 0 saturated heterocycles. The standard InChI is InChI=1S/C20H24O4/c1-2-3-13-23-19(20(21)22)14-16-9-11-18(12-10-16)24-15-17-7-5-4-6-8-17/h4-12,19H,2-3,13-15H2,1H3,(H,21,22). The Morgan fingerprint density at radius 1 is 1.04 bits per heavy atom. The van der Waals surface area contributed by atoms with Crippen molar-refractivity contribution in [2.45, 2.75) is 38.9 Å². The zero-order chi connectivity index (χ0) is 17.2. The molecule has 4 heteroatoms. The number of rotatable bonds is 10. The van der Waals surface area contributed by atoms with E-state index in [2.05, 4.69) is 0 Å². The molecule has 2 aromatic rings. The Morgan fingerprint density at radius 3 is 2.38 bits per heavy atom. The molecular formula is C20H24O4. The highest BCUT2D eigenvalue weighted by molar-refractivity contribution is 5.72. The van der Waals surface area contributed by atoms with Crippen LogP contribution in [0.15, 0.2) is 54.6 Å². The molecule has 0 aliphatic heterocycles. The second-order valence-corrected chi connectivity index (χ2v) is 5.67. The van der Waals surface area contributed by atoms with Gasteiger partial charge in [-0.2, -0.15) is 0 Å². The fraction of sp³-hybridized carbons (Fsp3) is 0.350. The van der Waals surface area contributed by atoms with Crippen molar-refractivity contribution < 1.29 is 19.4 Å². The van der Waals surface area contributed by atoms with E-state index in [0.29, 0.717) is 19.6 Å². The topological polar surface area (TPSA) is 55.8 Å². The number of carboxylic acid groups (broad SMARTS) is 1. The van der Waals surface area contributed by atoms with Gasteiger partial charge in [-0.05, 0) is 29.7 Å². The van der Waals surface area contributed by atoms with Crippen molar-refractivity contribution in [3.8, 4) is 5.75 Å². The van der Waals surface area contributed by atoms with Crippen LogP contribution in [-0.2, 0) is 22.6 Å². The molecule has 0 aliphatic rings. The Bertz CT molecular complexity index is 607. The van der Waals surface area contributed by atoms with E-state index in [0.717, 1.165) is 29.7 Å². The maximum absolute atomic E-state index is 11.3. The fourth-order valence-corrected chi connectivity index (χ4v) is 2.26. The minimum atomic E-state index is -0.921. The van der Waals surface area contributed by atoms with E-state index in [1.54, 1.807) is 0 Å². The zero-order valence-electron chi connectivity index (χ0n) is 14.0. The van der Waals surface area contributed by atoms with Gasteiger partial charge in [0.05, 0.1) is 0 Å². The molecule has 0 bridgehead atoms. The molecule has 2 aromatic carbocycles. The van der Waals surface area contributed by atoms with E-state index in [1.165, 1.54) is 0 Å². The van der Waals surface area contributed by atoms with Crippen LogP contribution >= 0.6 is 0 Å². The van der Waals surface area contributed by atoms with Gasteiger partial charge in [0.2, 0.25) is 0 Å². The van der Waals surface area contributed by atoms with E-state index in [4.69, 9.17) is 9.47 Å². The molecule has 0 spiro atoms. The number of benzene rings is 2. The van der Waals surface area contributed by atoms with E-state index in [1.807, 2.05) is 61.5 Å². The van der Waals surface area contributed by atoms with Crippen LogP contribution in [0.2, 0.25) is 0 Å². The summed E-state index contributed by atoms with van der Waals surface area (Å²) in [6, 6.07) is 17.5. The SMILES string of the molecule is CCCCOC(Cc1ccc(OCc2ccccc2)cc1)C(=O)O. The Morgan fingerprint density at radius 2 is 1.75 bits per heavy atom. The van der Waals surface area contributed by atoms with Gasteiger partial charge in [0.15, 0.2) is 6.10 Å². The van der Waals surface area contributed by atoms with Crippen molar-refractivity contribution in [1.29, 1.82) is 0 Å². The van der Waals surface area contributed by atoms with Crippen molar-refractivity contribution in [3.05, 3.63) is 65.7 Å². The van der Waals surface area contributed by atoms with Gasteiger partial charge in [-0.25, -0.2) is 4.79 Å². The van der Waals surface area contributed by atoms with Gasteiger partial charge >= 0.3 is 5.97 Å². The number of carbonyl (C=O) groups is 1. The van der Waals surface area contributed by atoms with E-state index in [-0.39, 0.29) is 0 Å². The maximum Gasteiger partial charge on any atom is 0.333 e. The first-order valence-electron chi connectivity index (χ1n) is 8.29. The predicted molar refractivity (Wildman–Crippen MR) is 93.2 cm³/mol. The number of aliphatic carboxylic acids is 1. The quantitative estimate of drug-likeness (QED) is 0.668. The molecule has 1 N–H and O–H groups in total. The third-order valence-corrected chi connectivity index (χ3v) is 3.69. The van der Waals surface area contributed by atoms with E-state index < -0.39 is 12.1 Å². The van der Waals surface area contributed by atoms with Gasteiger partial charge in [-0.1, -0.05) is 55.8 Å². The van der Waals surface area contributed by atoms with Crippen LogP contribution in [0.25, 0.3) is 0 Å².